The summed E-state index contributed by atoms with van der Waals surface area (Å²) in [5, 5.41) is 8.86. The van der Waals surface area contributed by atoms with Crippen molar-refractivity contribution in [3.05, 3.63) is 0 Å². The van der Waals surface area contributed by atoms with Crippen LogP contribution in [0.1, 0.15) is 27.7 Å². The van der Waals surface area contributed by atoms with Gasteiger partial charge >= 0.3 is 0 Å². The summed E-state index contributed by atoms with van der Waals surface area (Å²) in [4.78, 5) is 2.28. The van der Waals surface area contributed by atoms with Crippen LogP contribution in [-0.4, -0.2) is 36.8 Å². The van der Waals surface area contributed by atoms with Gasteiger partial charge in [-0.05, 0) is 18.4 Å². The largest absolute Gasteiger partial charge is 0.396 e. The Morgan fingerprint density at radius 2 is 1.83 bits per heavy atom. The molecule has 0 aliphatic heterocycles. The summed E-state index contributed by atoms with van der Waals surface area (Å²) in [6, 6.07) is 0. The Bertz CT molecular complexity index is 117. The average molecular weight is 173 g/mol. The highest BCUT2D eigenvalue weighted by molar-refractivity contribution is 4.67. The van der Waals surface area contributed by atoms with E-state index < -0.39 is 0 Å². The Kier molecular flexibility index (Phi) is 4.80. The van der Waals surface area contributed by atoms with Gasteiger partial charge in [-0.1, -0.05) is 27.7 Å². The van der Waals surface area contributed by atoms with Crippen molar-refractivity contribution in [1.29, 1.82) is 0 Å². The van der Waals surface area contributed by atoms with Crippen molar-refractivity contribution >= 4 is 0 Å². The number of hydrogen-bond donors (Lipinski definition) is 1. The molecular formula is C10H23NO. The van der Waals surface area contributed by atoms with Crippen LogP contribution in [0.2, 0.25) is 0 Å². The van der Waals surface area contributed by atoms with E-state index >= 15 is 0 Å². The van der Waals surface area contributed by atoms with Crippen LogP contribution in [0.15, 0.2) is 0 Å². The molecule has 74 valence electrons. The lowest BCUT2D eigenvalue weighted by molar-refractivity contribution is 0.161. The van der Waals surface area contributed by atoms with Crippen molar-refractivity contribution in [2.24, 2.45) is 11.3 Å². The zero-order valence-corrected chi connectivity index (χ0v) is 9.09. The first-order valence-electron chi connectivity index (χ1n) is 4.64. The van der Waals surface area contributed by atoms with Crippen molar-refractivity contribution in [1.82, 2.24) is 4.90 Å². The molecule has 0 spiro atoms. The van der Waals surface area contributed by atoms with Crippen LogP contribution < -0.4 is 0 Å². The fraction of sp³-hybridized carbons (Fsp3) is 1.00. The zero-order valence-electron chi connectivity index (χ0n) is 9.09. The maximum absolute atomic E-state index is 8.86. The predicted octanol–water partition coefficient (Wildman–Crippen LogP) is 1.59. The van der Waals surface area contributed by atoms with Gasteiger partial charge in [-0.25, -0.2) is 0 Å². The van der Waals surface area contributed by atoms with Gasteiger partial charge < -0.3 is 10.0 Å². The van der Waals surface area contributed by atoms with Crippen LogP contribution in [0, 0.1) is 11.3 Å². The van der Waals surface area contributed by atoms with Gasteiger partial charge in [0.15, 0.2) is 0 Å². The number of aliphatic hydroxyl groups excluding tert-OH is 1. The van der Waals surface area contributed by atoms with Crippen LogP contribution in [-0.2, 0) is 0 Å². The number of hydrogen-bond acceptors (Lipinski definition) is 2. The second-order valence-corrected chi connectivity index (χ2v) is 5.05. The molecule has 2 heteroatoms. The summed E-state index contributed by atoms with van der Waals surface area (Å²) in [5.74, 6) is 0.386. The molecule has 1 N–H and O–H groups in total. The molecule has 0 amide bonds. The lowest BCUT2D eigenvalue weighted by Gasteiger charge is -2.28. The van der Waals surface area contributed by atoms with Gasteiger partial charge in [0.25, 0.3) is 0 Å². The molecule has 0 aliphatic carbocycles. The monoisotopic (exact) mass is 173 g/mol. The van der Waals surface area contributed by atoms with Crippen molar-refractivity contribution in [3.63, 3.8) is 0 Å². The van der Waals surface area contributed by atoms with Gasteiger partial charge in [-0.15, -0.1) is 0 Å². The third-order valence-corrected chi connectivity index (χ3v) is 1.68. The minimum Gasteiger partial charge on any atom is -0.396 e. The predicted molar refractivity (Wildman–Crippen MR) is 53.2 cm³/mol. The molecule has 0 radical (unpaired) electrons. The second-order valence-electron chi connectivity index (χ2n) is 5.05. The van der Waals surface area contributed by atoms with Gasteiger partial charge in [0.2, 0.25) is 0 Å². The molecule has 0 aromatic rings. The Morgan fingerprint density at radius 3 is 2.17 bits per heavy atom. The van der Waals surface area contributed by atoms with Gasteiger partial charge in [0, 0.05) is 19.7 Å². The standard InChI is InChI=1S/C10H23NO/c1-9(7-12)6-11(5)8-10(2,3)4/h9,12H,6-8H2,1-5H3. The van der Waals surface area contributed by atoms with Gasteiger partial charge in [0.1, 0.15) is 0 Å². The molecule has 0 bridgehead atoms. The second kappa shape index (κ2) is 4.83. The van der Waals surface area contributed by atoms with Crippen molar-refractivity contribution in [2.75, 3.05) is 26.7 Å². The molecule has 0 saturated heterocycles. The third-order valence-electron chi connectivity index (χ3n) is 1.68. The zero-order chi connectivity index (χ0) is 9.78. The third kappa shape index (κ3) is 6.62. The van der Waals surface area contributed by atoms with E-state index in [9.17, 15) is 0 Å². The van der Waals surface area contributed by atoms with Crippen molar-refractivity contribution in [2.45, 2.75) is 27.7 Å². The quantitative estimate of drug-likeness (QED) is 0.698. The normalized spacial score (nSPS) is 15.2. The number of aliphatic hydroxyl groups is 1. The molecule has 1 atom stereocenters. The van der Waals surface area contributed by atoms with Crippen LogP contribution in [0.4, 0.5) is 0 Å². The molecule has 2 nitrogen and oxygen atoms in total. The summed E-state index contributed by atoms with van der Waals surface area (Å²) in [6.45, 7) is 11.1. The van der Waals surface area contributed by atoms with E-state index in [0.717, 1.165) is 13.1 Å². The molecule has 0 saturated carbocycles. The molecule has 0 aliphatic rings. The van der Waals surface area contributed by atoms with Crippen molar-refractivity contribution in [3.8, 4) is 0 Å². The fourth-order valence-electron chi connectivity index (χ4n) is 1.46. The Hall–Kier alpha value is -0.0800. The minimum atomic E-state index is 0.286. The van der Waals surface area contributed by atoms with Crippen LogP contribution in [0.5, 0.6) is 0 Å². The molecule has 0 fully saturated rings. The lowest BCUT2D eigenvalue weighted by atomic mass is 9.96. The highest BCUT2D eigenvalue weighted by Crippen LogP contribution is 2.14. The van der Waals surface area contributed by atoms with E-state index in [-0.39, 0.29) is 6.61 Å². The highest BCUT2D eigenvalue weighted by Gasteiger charge is 2.14. The molecule has 1 unspecified atom stereocenters. The number of rotatable bonds is 4. The van der Waals surface area contributed by atoms with Gasteiger partial charge in [-0.3, -0.25) is 0 Å². The molecule has 0 heterocycles. The van der Waals surface area contributed by atoms with Crippen LogP contribution in [0.25, 0.3) is 0 Å². The fourth-order valence-corrected chi connectivity index (χ4v) is 1.46. The van der Waals surface area contributed by atoms with Crippen LogP contribution >= 0.6 is 0 Å². The van der Waals surface area contributed by atoms with E-state index in [0.29, 0.717) is 11.3 Å². The smallest absolute Gasteiger partial charge is 0.0468 e. The maximum atomic E-state index is 8.86. The summed E-state index contributed by atoms with van der Waals surface area (Å²) < 4.78 is 0. The number of nitrogens with zero attached hydrogens (tertiary/aromatic N) is 1. The average Bonchev–Trinajstić information content (AvgIpc) is 1.82. The first-order chi connectivity index (χ1) is 5.35. The van der Waals surface area contributed by atoms with E-state index in [1.165, 1.54) is 0 Å². The maximum Gasteiger partial charge on any atom is 0.0468 e. The van der Waals surface area contributed by atoms with Gasteiger partial charge in [0.05, 0.1) is 0 Å². The summed E-state index contributed by atoms with van der Waals surface area (Å²) >= 11 is 0. The molecule has 0 aromatic carbocycles. The molecule has 12 heavy (non-hydrogen) atoms. The summed E-state index contributed by atoms with van der Waals surface area (Å²) in [7, 11) is 2.11. The summed E-state index contributed by atoms with van der Waals surface area (Å²) in [5.41, 5.74) is 0.351. The van der Waals surface area contributed by atoms with Crippen molar-refractivity contribution < 1.29 is 5.11 Å². The van der Waals surface area contributed by atoms with E-state index in [4.69, 9.17) is 5.11 Å². The minimum absolute atomic E-state index is 0.286. The lowest BCUT2D eigenvalue weighted by Crippen LogP contribution is -2.33. The van der Waals surface area contributed by atoms with E-state index in [2.05, 4.69) is 39.6 Å². The molecule has 0 rings (SSSR count). The Balaban J connectivity index is 3.66. The molecular weight excluding hydrogens is 150 g/mol. The highest BCUT2D eigenvalue weighted by atomic mass is 16.3. The first kappa shape index (κ1) is 11.9. The first-order valence-corrected chi connectivity index (χ1v) is 4.64. The Labute approximate surface area is 76.6 Å². The van der Waals surface area contributed by atoms with E-state index in [1.54, 1.807) is 0 Å². The van der Waals surface area contributed by atoms with Gasteiger partial charge in [-0.2, -0.15) is 0 Å². The van der Waals surface area contributed by atoms with E-state index in [1.807, 2.05) is 0 Å². The van der Waals surface area contributed by atoms with Crippen LogP contribution in [0.3, 0.4) is 0 Å². The Morgan fingerprint density at radius 1 is 1.33 bits per heavy atom. The summed E-state index contributed by atoms with van der Waals surface area (Å²) in [6.07, 6.45) is 0. The molecule has 0 aromatic heterocycles. The SMILES string of the molecule is CC(CO)CN(C)CC(C)(C)C. The topological polar surface area (TPSA) is 23.5 Å².